The van der Waals surface area contributed by atoms with Crippen LogP contribution >= 0.6 is 0 Å². The highest BCUT2D eigenvalue weighted by Crippen LogP contribution is 2.50. The maximum absolute atomic E-state index is 13.8. The normalized spacial score (nSPS) is 24.5. The van der Waals surface area contributed by atoms with E-state index in [2.05, 4.69) is 0 Å². The molecule has 0 bridgehead atoms. The summed E-state index contributed by atoms with van der Waals surface area (Å²) in [5.41, 5.74) is 0.885. The van der Waals surface area contributed by atoms with Crippen molar-refractivity contribution in [2.75, 3.05) is 9.80 Å². The Morgan fingerprint density at radius 3 is 2.25 bits per heavy atom. The van der Waals surface area contributed by atoms with Crippen LogP contribution in [0.3, 0.4) is 0 Å². The number of anilines is 2. The maximum Gasteiger partial charge on any atom is 0.416 e. The molecule has 3 aliphatic heterocycles. The van der Waals surface area contributed by atoms with Crippen LogP contribution in [0.4, 0.5) is 24.5 Å². The lowest BCUT2D eigenvalue weighted by Gasteiger charge is -2.36. The van der Waals surface area contributed by atoms with Crippen LogP contribution < -0.4 is 9.80 Å². The first kappa shape index (κ1) is 22.3. The van der Waals surface area contributed by atoms with Gasteiger partial charge in [0.15, 0.2) is 5.78 Å². The zero-order valence-electron chi connectivity index (χ0n) is 18.7. The van der Waals surface area contributed by atoms with Crippen LogP contribution in [0.2, 0.25) is 0 Å². The lowest BCUT2D eigenvalue weighted by molar-refractivity contribution is -0.137. The molecule has 3 aromatic rings. The van der Waals surface area contributed by atoms with Crippen molar-refractivity contribution in [3.05, 3.63) is 102 Å². The molecule has 36 heavy (non-hydrogen) atoms. The number of carbonyl (C=O) groups is 3. The van der Waals surface area contributed by atoms with Crippen LogP contribution in [-0.4, -0.2) is 29.7 Å². The number of hydrogen-bond acceptors (Lipinski definition) is 4. The van der Waals surface area contributed by atoms with Gasteiger partial charge in [0.1, 0.15) is 6.04 Å². The Labute approximate surface area is 204 Å². The van der Waals surface area contributed by atoms with E-state index in [0.29, 0.717) is 5.56 Å². The van der Waals surface area contributed by atoms with E-state index in [9.17, 15) is 27.6 Å². The molecule has 0 spiro atoms. The number of benzene rings is 3. The Morgan fingerprint density at radius 2 is 1.50 bits per heavy atom. The predicted molar refractivity (Wildman–Crippen MR) is 127 cm³/mol. The third-order valence-corrected chi connectivity index (χ3v) is 7.17. The van der Waals surface area contributed by atoms with E-state index in [1.165, 1.54) is 12.1 Å². The first-order valence-electron chi connectivity index (χ1n) is 11.5. The fourth-order valence-electron chi connectivity index (χ4n) is 5.66. The molecule has 8 heteroatoms. The summed E-state index contributed by atoms with van der Waals surface area (Å²) < 4.78 is 40.0. The number of halogens is 3. The second-order valence-electron chi connectivity index (χ2n) is 9.10. The summed E-state index contributed by atoms with van der Waals surface area (Å²) in [6.07, 6.45) is -0.969. The summed E-state index contributed by atoms with van der Waals surface area (Å²) in [7, 11) is 0. The Bertz CT molecular complexity index is 1430. The molecule has 6 rings (SSSR count). The number of ketones is 1. The second-order valence-corrected chi connectivity index (χ2v) is 9.10. The minimum Gasteiger partial charge on any atom is -0.352 e. The number of hydrogen-bond donors (Lipinski definition) is 0. The molecule has 3 aromatic carbocycles. The molecule has 0 unspecified atom stereocenters. The topological polar surface area (TPSA) is 57.7 Å². The smallest absolute Gasteiger partial charge is 0.352 e. The molecule has 0 N–H and O–H groups in total. The molecule has 0 saturated carbocycles. The second kappa shape index (κ2) is 7.91. The van der Waals surface area contributed by atoms with Gasteiger partial charge in [-0.3, -0.25) is 14.4 Å². The SMILES string of the molecule is O=C(c1ccccc1)[C@H]1[C@H]2C(=O)N(c3cccc(C(F)(F)F)c3)C(=O)[C@@H]2[C@H]2C=Cc3ccccc3N21. The third kappa shape index (κ3) is 3.21. The van der Waals surface area contributed by atoms with Gasteiger partial charge in [-0.2, -0.15) is 13.2 Å². The third-order valence-electron chi connectivity index (χ3n) is 7.17. The van der Waals surface area contributed by atoms with E-state index >= 15 is 0 Å². The van der Waals surface area contributed by atoms with E-state index < -0.39 is 47.5 Å². The zero-order valence-corrected chi connectivity index (χ0v) is 18.7. The summed E-state index contributed by atoms with van der Waals surface area (Å²) in [4.78, 5) is 44.0. The molecule has 0 aliphatic carbocycles. The van der Waals surface area contributed by atoms with Gasteiger partial charge in [0.25, 0.3) is 0 Å². The average Bonchev–Trinajstić information content (AvgIpc) is 3.36. The molecule has 0 radical (unpaired) electrons. The summed E-state index contributed by atoms with van der Waals surface area (Å²) in [6, 6.07) is 18.5. The Kier molecular flexibility index (Phi) is 4.90. The fraction of sp³-hybridized carbons (Fsp3) is 0.179. The van der Waals surface area contributed by atoms with E-state index in [4.69, 9.17) is 0 Å². The molecule has 2 saturated heterocycles. The van der Waals surface area contributed by atoms with E-state index in [-0.39, 0.29) is 11.5 Å². The summed E-state index contributed by atoms with van der Waals surface area (Å²) in [5.74, 6) is -3.54. The van der Waals surface area contributed by atoms with E-state index in [0.717, 1.165) is 28.3 Å². The molecule has 3 heterocycles. The minimum atomic E-state index is -4.63. The van der Waals surface area contributed by atoms with E-state index in [1.807, 2.05) is 35.2 Å². The molecule has 4 atom stereocenters. The predicted octanol–water partition coefficient (Wildman–Crippen LogP) is 4.98. The molecule has 2 amide bonds. The van der Waals surface area contributed by atoms with E-state index in [1.54, 1.807) is 36.4 Å². The number of Topliss-reactive ketones (excluding diaryl/α,β-unsaturated/α-hetero) is 1. The van der Waals surface area contributed by atoms with Crippen molar-refractivity contribution in [2.24, 2.45) is 11.8 Å². The first-order chi connectivity index (χ1) is 17.3. The van der Waals surface area contributed by atoms with Gasteiger partial charge in [-0.05, 0) is 29.8 Å². The van der Waals surface area contributed by atoms with Gasteiger partial charge >= 0.3 is 6.18 Å². The number of rotatable bonds is 3. The monoisotopic (exact) mass is 488 g/mol. The summed E-state index contributed by atoms with van der Waals surface area (Å²) in [5, 5.41) is 0. The van der Waals surface area contributed by atoms with Crippen LogP contribution in [0.5, 0.6) is 0 Å². The largest absolute Gasteiger partial charge is 0.416 e. The Balaban J connectivity index is 1.48. The van der Waals surface area contributed by atoms with Gasteiger partial charge in [0.05, 0.1) is 29.1 Å². The van der Waals surface area contributed by atoms with Crippen molar-refractivity contribution in [3.63, 3.8) is 0 Å². The van der Waals surface area contributed by atoms with Crippen LogP contribution in [0.15, 0.2) is 84.9 Å². The highest BCUT2D eigenvalue weighted by molar-refractivity contribution is 6.25. The number of imide groups is 1. The lowest BCUT2D eigenvalue weighted by atomic mass is 9.86. The Morgan fingerprint density at radius 1 is 0.806 bits per heavy atom. The fourth-order valence-corrected chi connectivity index (χ4v) is 5.66. The Hall–Kier alpha value is -4.20. The highest BCUT2D eigenvalue weighted by atomic mass is 19.4. The average molecular weight is 488 g/mol. The number of alkyl halides is 3. The number of carbonyl (C=O) groups excluding carboxylic acids is 3. The van der Waals surface area contributed by atoms with Crippen molar-refractivity contribution in [2.45, 2.75) is 18.3 Å². The molecule has 0 aromatic heterocycles. The zero-order chi connectivity index (χ0) is 25.2. The summed E-state index contributed by atoms with van der Waals surface area (Å²) in [6.45, 7) is 0. The van der Waals surface area contributed by atoms with Crippen molar-refractivity contribution < 1.29 is 27.6 Å². The van der Waals surface area contributed by atoms with Crippen molar-refractivity contribution in [1.29, 1.82) is 0 Å². The van der Waals surface area contributed by atoms with Crippen molar-refractivity contribution >= 4 is 35.0 Å². The quantitative estimate of drug-likeness (QED) is 0.386. The van der Waals surface area contributed by atoms with Gasteiger partial charge in [0.2, 0.25) is 11.8 Å². The standard InChI is InChI=1S/C28H19F3N2O3/c29-28(30,31)18-10-6-11-19(15-18)32-26(35)22-21-14-13-16-7-4-5-12-20(16)33(21)24(23(22)27(32)36)25(34)17-8-2-1-3-9-17/h1-15,21-24H/t21-,22-,23+,24-/m1/s1. The van der Waals surface area contributed by atoms with Gasteiger partial charge in [-0.1, -0.05) is 66.7 Å². The maximum atomic E-state index is 13.8. The summed E-state index contributed by atoms with van der Waals surface area (Å²) >= 11 is 0. The van der Waals surface area contributed by atoms with Crippen LogP contribution in [0, 0.1) is 11.8 Å². The highest BCUT2D eigenvalue weighted by Gasteiger charge is 2.64. The van der Waals surface area contributed by atoms with Crippen LogP contribution in [-0.2, 0) is 15.8 Å². The van der Waals surface area contributed by atoms with Crippen LogP contribution in [0.25, 0.3) is 6.08 Å². The number of fused-ring (bicyclic) bond motifs is 5. The minimum absolute atomic E-state index is 0.146. The van der Waals surface area contributed by atoms with Gasteiger partial charge in [-0.15, -0.1) is 0 Å². The molecule has 3 aliphatic rings. The number of para-hydroxylation sites is 1. The lowest BCUT2D eigenvalue weighted by Crippen LogP contribution is -2.48. The molecule has 180 valence electrons. The van der Waals surface area contributed by atoms with Gasteiger partial charge in [0, 0.05) is 11.3 Å². The molecular weight excluding hydrogens is 469 g/mol. The van der Waals surface area contributed by atoms with Crippen molar-refractivity contribution in [3.8, 4) is 0 Å². The number of nitrogens with zero attached hydrogens (tertiary/aromatic N) is 2. The first-order valence-corrected chi connectivity index (χ1v) is 11.5. The molecule has 2 fully saturated rings. The molecule has 5 nitrogen and oxygen atoms in total. The van der Waals surface area contributed by atoms with Crippen LogP contribution in [0.1, 0.15) is 21.5 Å². The van der Waals surface area contributed by atoms with Gasteiger partial charge < -0.3 is 4.90 Å². The molecular formula is C28H19F3N2O3. The van der Waals surface area contributed by atoms with Gasteiger partial charge in [-0.25, -0.2) is 4.90 Å². The van der Waals surface area contributed by atoms with Crippen molar-refractivity contribution in [1.82, 2.24) is 0 Å². The number of amides is 2.